The molecule has 0 fully saturated rings. The zero-order chi connectivity index (χ0) is 15.5. The third-order valence-corrected chi connectivity index (χ3v) is 3.63. The van der Waals surface area contributed by atoms with Gasteiger partial charge in [0.2, 0.25) is 0 Å². The molecule has 1 aliphatic rings. The minimum Gasteiger partial charge on any atom is -0.479 e. The van der Waals surface area contributed by atoms with Crippen LogP contribution in [-0.4, -0.2) is 13.1 Å². The Hall–Kier alpha value is -2.81. The molecule has 0 radical (unpaired) electrons. The van der Waals surface area contributed by atoms with E-state index in [0.29, 0.717) is 16.9 Å². The van der Waals surface area contributed by atoms with E-state index in [1.165, 1.54) is 7.11 Å². The molecule has 1 heterocycles. The number of carbonyl (C=O) groups excluding carboxylic acids is 1. The molecule has 0 saturated heterocycles. The lowest BCUT2D eigenvalue weighted by atomic mass is 9.97. The molecule has 0 N–H and O–H groups in total. The molecule has 0 unspecified atom stereocenters. The average Bonchev–Trinajstić information content (AvgIpc) is 2.93. The van der Waals surface area contributed by atoms with E-state index in [4.69, 9.17) is 9.47 Å². The summed E-state index contributed by atoms with van der Waals surface area (Å²) >= 11 is 0. The van der Waals surface area contributed by atoms with E-state index in [2.05, 4.69) is 6.58 Å². The van der Waals surface area contributed by atoms with E-state index in [1.807, 2.05) is 60.7 Å². The van der Waals surface area contributed by atoms with Crippen molar-refractivity contribution >= 4 is 11.7 Å². The van der Waals surface area contributed by atoms with Crippen LogP contribution in [0.25, 0.3) is 5.76 Å². The molecule has 0 aliphatic carbocycles. The van der Waals surface area contributed by atoms with Crippen molar-refractivity contribution in [2.75, 3.05) is 7.11 Å². The molecular weight excluding hydrogens is 276 g/mol. The van der Waals surface area contributed by atoms with Crippen molar-refractivity contribution in [3.63, 3.8) is 0 Å². The van der Waals surface area contributed by atoms with E-state index in [-0.39, 0.29) is 6.10 Å². The Morgan fingerprint density at radius 2 is 1.64 bits per heavy atom. The predicted molar refractivity (Wildman–Crippen MR) is 84.8 cm³/mol. The van der Waals surface area contributed by atoms with E-state index < -0.39 is 5.97 Å². The number of ether oxygens (including phenoxy) is 2. The summed E-state index contributed by atoms with van der Waals surface area (Å²) in [7, 11) is 1.36. The predicted octanol–water partition coefficient (Wildman–Crippen LogP) is 3.90. The van der Waals surface area contributed by atoms with Crippen LogP contribution in [0.1, 0.15) is 17.2 Å². The van der Waals surface area contributed by atoms with Crippen LogP contribution in [0.5, 0.6) is 0 Å². The highest BCUT2D eigenvalue weighted by Crippen LogP contribution is 2.44. The maximum atomic E-state index is 12.2. The van der Waals surface area contributed by atoms with Gasteiger partial charge in [0.05, 0.1) is 7.11 Å². The molecule has 0 bridgehead atoms. The topological polar surface area (TPSA) is 35.5 Å². The van der Waals surface area contributed by atoms with Gasteiger partial charge in [0.1, 0.15) is 17.4 Å². The summed E-state index contributed by atoms with van der Waals surface area (Å²) in [6.45, 7) is 4.05. The number of hydrogen-bond acceptors (Lipinski definition) is 3. The smallest absolute Gasteiger partial charge is 0.342 e. The zero-order valence-electron chi connectivity index (χ0n) is 12.3. The summed E-state index contributed by atoms with van der Waals surface area (Å²) in [5.41, 5.74) is 2.82. The Bertz CT molecular complexity index is 730. The van der Waals surface area contributed by atoms with Crippen LogP contribution in [-0.2, 0) is 14.3 Å². The highest BCUT2D eigenvalue weighted by molar-refractivity contribution is 6.02. The number of hydrogen-bond donors (Lipinski definition) is 0. The SMILES string of the molecule is C=C1C(C(=O)OC)=C(c2ccccc2)O[C@@H]1c1ccccc1. The van der Waals surface area contributed by atoms with Crippen LogP contribution >= 0.6 is 0 Å². The molecule has 0 amide bonds. The van der Waals surface area contributed by atoms with Gasteiger partial charge in [0.15, 0.2) is 0 Å². The highest BCUT2D eigenvalue weighted by atomic mass is 16.5. The number of methoxy groups -OCH3 is 1. The number of benzene rings is 2. The molecule has 1 aliphatic heterocycles. The van der Waals surface area contributed by atoms with Crippen molar-refractivity contribution in [3.05, 3.63) is 89.5 Å². The van der Waals surface area contributed by atoms with Gasteiger partial charge in [-0.05, 0) is 5.56 Å². The second-order valence-electron chi connectivity index (χ2n) is 5.00. The molecule has 3 rings (SSSR count). The second kappa shape index (κ2) is 5.90. The first-order chi connectivity index (χ1) is 10.7. The zero-order valence-corrected chi connectivity index (χ0v) is 12.3. The molecular formula is C19H16O3. The first-order valence-corrected chi connectivity index (χ1v) is 7.01. The van der Waals surface area contributed by atoms with Gasteiger partial charge < -0.3 is 9.47 Å². The monoisotopic (exact) mass is 292 g/mol. The Balaban J connectivity index is 2.06. The van der Waals surface area contributed by atoms with E-state index in [1.54, 1.807) is 0 Å². The Morgan fingerprint density at radius 3 is 2.23 bits per heavy atom. The largest absolute Gasteiger partial charge is 0.479 e. The van der Waals surface area contributed by atoms with Gasteiger partial charge in [0, 0.05) is 11.1 Å². The third kappa shape index (κ3) is 2.42. The van der Waals surface area contributed by atoms with E-state index in [9.17, 15) is 4.79 Å². The van der Waals surface area contributed by atoms with Crippen molar-refractivity contribution in [1.29, 1.82) is 0 Å². The Kier molecular flexibility index (Phi) is 3.79. The lowest BCUT2D eigenvalue weighted by molar-refractivity contribution is -0.135. The number of carbonyl (C=O) groups is 1. The maximum Gasteiger partial charge on any atom is 0.342 e. The molecule has 2 aromatic rings. The molecule has 2 aromatic carbocycles. The quantitative estimate of drug-likeness (QED) is 0.805. The Morgan fingerprint density at radius 1 is 1.05 bits per heavy atom. The maximum absolute atomic E-state index is 12.2. The van der Waals surface area contributed by atoms with Crippen LogP contribution in [0.15, 0.2) is 78.4 Å². The fraction of sp³-hybridized carbons (Fsp3) is 0.105. The molecule has 0 aromatic heterocycles. The van der Waals surface area contributed by atoms with Crippen LogP contribution in [0.4, 0.5) is 0 Å². The van der Waals surface area contributed by atoms with E-state index in [0.717, 1.165) is 11.1 Å². The summed E-state index contributed by atoms with van der Waals surface area (Å²) in [6, 6.07) is 19.2. The van der Waals surface area contributed by atoms with Gasteiger partial charge in [-0.25, -0.2) is 4.79 Å². The molecule has 0 saturated carbocycles. The number of rotatable bonds is 3. The van der Waals surface area contributed by atoms with Gasteiger partial charge in [0.25, 0.3) is 0 Å². The lowest BCUT2D eigenvalue weighted by Gasteiger charge is -2.14. The van der Waals surface area contributed by atoms with Crippen LogP contribution in [0, 0.1) is 0 Å². The van der Waals surface area contributed by atoms with Gasteiger partial charge in [-0.1, -0.05) is 67.2 Å². The number of esters is 1. The summed E-state index contributed by atoms with van der Waals surface area (Å²) in [5.74, 6) is 0.0913. The van der Waals surface area contributed by atoms with Gasteiger partial charge in [-0.3, -0.25) is 0 Å². The van der Waals surface area contributed by atoms with Crippen molar-refractivity contribution in [2.24, 2.45) is 0 Å². The van der Waals surface area contributed by atoms with Gasteiger partial charge in [-0.15, -0.1) is 0 Å². The summed E-state index contributed by atoms with van der Waals surface area (Å²) in [6.07, 6.45) is -0.370. The van der Waals surface area contributed by atoms with Crippen molar-refractivity contribution in [2.45, 2.75) is 6.10 Å². The molecule has 110 valence electrons. The summed E-state index contributed by atoms with van der Waals surface area (Å²) in [4.78, 5) is 12.2. The summed E-state index contributed by atoms with van der Waals surface area (Å²) < 4.78 is 11.0. The standard InChI is InChI=1S/C19H16O3/c1-13-16(19(20)21-2)18(15-11-7-4-8-12-15)22-17(13)14-9-5-3-6-10-14/h3-12,17H,1H2,2H3/t17-/m0/s1. The molecule has 3 nitrogen and oxygen atoms in total. The van der Waals surface area contributed by atoms with Gasteiger partial charge >= 0.3 is 5.97 Å². The minimum absolute atomic E-state index is 0.370. The fourth-order valence-corrected chi connectivity index (χ4v) is 2.55. The van der Waals surface area contributed by atoms with Crippen LogP contribution < -0.4 is 0 Å². The van der Waals surface area contributed by atoms with Crippen molar-refractivity contribution in [1.82, 2.24) is 0 Å². The van der Waals surface area contributed by atoms with Crippen LogP contribution in [0.3, 0.4) is 0 Å². The van der Waals surface area contributed by atoms with Crippen molar-refractivity contribution < 1.29 is 14.3 Å². The second-order valence-corrected chi connectivity index (χ2v) is 5.00. The average molecular weight is 292 g/mol. The third-order valence-electron chi connectivity index (χ3n) is 3.63. The highest BCUT2D eigenvalue weighted by Gasteiger charge is 2.36. The molecule has 1 atom stereocenters. The normalized spacial score (nSPS) is 17.3. The Labute approximate surface area is 129 Å². The molecule has 22 heavy (non-hydrogen) atoms. The minimum atomic E-state index is -0.428. The van der Waals surface area contributed by atoms with Crippen LogP contribution in [0.2, 0.25) is 0 Å². The van der Waals surface area contributed by atoms with Crippen molar-refractivity contribution in [3.8, 4) is 0 Å². The summed E-state index contributed by atoms with van der Waals surface area (Å²) in [5, 5.41) is 0. The lowest BCUT2D eigenvalue weighted by Crippen LogP contribution is -2.07. The first kappa shape index (κ1) is 14.1. The van der Waals surface area contributed by atoms with E-state index >= 15 is 0 Å². The fourth-order valence-electron chi connectivity index (χ4n) is 2.55. The van der Waals surface area contributed by atoms with Gasteiger partial charge in [-0.2, -0.15) is 0 Å². The molecule has 3 heteroatoms. The molecule has 0 spiro atoms. The first-order valence-electron chi connectivity index (χ1n) is 7.01.